The molecule has 1 aromatic carbocycles. The van der Waals surface area contributed by atoms with Crippen molar-refractivity contribution in [2.24, 2.45) is 23.7 Å². The van der Waals surface area contributed by atoms with Crippen molar-refractivity contribution in [2.75, 3.05) is 13.1 Å². The summed E-state index contributed by atoms with van der Waals surface area (Å²) in [5, 5.41) is 10.2. The van der Waals surface area contributed by atoms with Crippen LogP contribution in [0.15, 0.2) is 18.2 Å². The van der Waals surface area contributed by atoms with Crippen LogP contribution in [0.5, 0.6) is 5.75 Å². The van der Waals surface area contributed by atoms with Gasteiger partial charge in [-0.05, 0) is 73.2 Å². The van der Waals surface area contributed by atoms with Gasteiger partial charge in [-0.1, -0.05) is 26.3 Å². The molecular formula is C23H31NO2. The third-order valence-corrected chi connectivity index (χ3v) is 8.50. The SMILES string of the molecule is C[C@@H]1[C@H]2[C@H]3Cc4ccc(O)cc4[C@@]2(CCN3CC2CCC2)CC(=O)[C@H]1C. The number of phenolic OH excluding ortho intramolecular Hbond substituents is 1. The van der Waals surface area contributed by atoms with Crippen molar-refractivity contribution < 1.29 is 9.90 Å². The van der Waals surface area contributed by atoms with E-state index in [0.717, 1.165) is 25.3 Å². The highest BCUT2D eigenvalue weighted by atomic mass is 16.3. The second-order valence-corrected chi connectivity index (χ2v) is 9.63. The third-order valence-electron chi connectivity index (χ3n) is 8.50. The molecule has 2 saturated carbocycles. The summed E-state index contributed by atoms with van der Waals surface area (Å²) in [4.78, 5) is 15.7. The van der Waals surface area contributed by atoms with Crippen molar-refractivity contribution >= 4 is 5.78 Å². The lowest BCUT2D eigenvalue weighted by Crippen LogP contribution is -2.65. The molecule has 1 aromatic rings. The molecular weight excluding hydrogens is 322 g/mol. The lowest BCUT2D eigenvalue weighted by atomic mass is 9.47. The van der Waals surface area contributed by atoms with E-state index in [1.54, 1.807) is 0 Å². The molecule has 3 nitrogen and oxygen atoms in total. The van der Waals surface area contributed by atoms with Crippen LogP contribution in [0.1, 0.15) is 57.1 Å². The molecule has 5 atom stereocenters. The zero-order valence-corrected chi connectivity index (χ0v) is 16.1. The summed E-state index contributed by atoms with van der Waals surface area (Å²) in [5.41, 5.74) is 2.61. The minimum atomic E-state index is -0.0455. The van der Waals surface area contributed by atoms with Crippen LogP contribution in [0, 0.1) is 23.7 Å². The molecule has 5 rings (SSSR count). The smallest absolute Gasteiger partial charge is 0.136 e. The molecule has 3 fully saturated rings. The van der Waals surface area contributed by atoms with E-state index < -0.39 is 0 Å². The predicted octanol–water partition coefficient (Wildman–Crippen LogP) is 3.92. The number of carbonyl (C=O) groups excluding carboxylic acids is 1. The highest BCUT2D eigenvalue weighted by Gasteiger charge is 2.59. The zero-order valence-electron chi connectivity index (χ0n) is 16.1. The van der Waals surface area contributed by atoms with Crippen LogP contribution in [0.2, 0.25) is 0 Å². The van der Waals surface area contributed by atoms with Crippen molar-refractivity contribution in [1.82, 2.24) is 4.90 Å². The van der Waals surface area contributed by atoms with E-state index in [4.69, 9.17) is 0 Å². The van der Waals surface area contributed by atoms with Crippen molar-refractivity contribution in [3.63, 3.8) is 0 Å². The fraction of sp³-hybridized carbons (Fsp3) is 0.696. The van der Waals surface area contributed by atoms with Gasteiger partial charge in [0.1, 0.15) is 11.5 Å². The molecule has 0 unspecified atom stereocenters. The Hall–Kier alpha value is -1.35. The van der Waals surface area contributed by atoms with Crippen LogP contribution in [0.25, 0.3) is 0 Å². The van der Waals surface area contributed by atoms with Gasteiger partial charge in [0.05, 0.1) is 0 Å². The fourth-order valence-electron chi connectivity index (χ4n) is 6.74. The van der Waals surface area contributed by atoms with Gasteiger partial charge in [-0.3, -0.25) is 9.69 Å². The zero-order chi connectivity index (χ0) is 18.1. The van der Waals surface area contributed by atoms with E-state index in [1.165, 1.54) is 36.9 Å². The fourth-order valence-corrected chi connectivity index (χ4v) is 6.74. The standard InChI is InChI=1S/C23H31NO2/c1-14-15(2)22-20-10-17-6-7-18(25)11-19(17)23(22,12-21(14)26)8-9-24(20)13-16-4-3-5-16/h6-7,11,14-16,20,22,25H,3-5,8-10,12-13H2,1-2H3/t14-,15-,20+,22-,23+/m0/s1. The Labute approximate surface area is 156 Å². The van der Waals surface area contributed by atoms with Gasteiger partial charge in [0.2, 0.25) is 0 Å². The molecule has 3 aliphatic carbocycles. The van der Waals surface area contributed by atoms with Crippen LogP contribution in [0.4, 0.5) is 0 Å². The molecule has 0 spiro atoms. The number of fused-ring (bicyclic) bond motifs is 1. The number of ketones is 1. The van der Waals surface area contributed by atoms with Crippen LogP contribution in [0.3, 0.4) is 0 Å². The molecule has 0 amide bonds. The minimum Gasteiger partial charge on any atom is -0.508 e. The molecule has 1 aliphatic heterocycles. The Morgan fingerprint density at radius 3 is 2.81 bits per heavy atom. The maximum absolute atomic E-state index is 12.9. The lowest BCUT2D eigenvalue weighted by Gasteiger charge is -2.62. The van der Waals surface area contributed by atoms with Crippen molar-refractivity contribution in [1.29, 1.82) is 0 Å². The van der Waals surface area contributed by atoms with E-state index in [9.17, 15) is 9.90 Å². The summed E-state index contributed by atoms with van der Waals surface area (Å²) < 4.78 is 0. The summed E-state index contributed by atoms with van der Waals surface area (Å²) in [6.45, 7) is 6.82. The van der Waals surface area contributed by atoms with Crippen LogP contribution >= 0.6 is 0 Å². The molecule has 1 N–H and O–H groups in total. The number of Topliss-reactive ketones (excluding diaryl/α,β-unsaturated/α-hetero) is 1. The molecule has 1 saturated heterocycles. The van der Waals surface area contributed by atoms with Gasteiger partial charge >= 0.3 is 0 Å². The first-order valence-corrected chi connectivity index (χ1v) is 10.6. The van der Waals surface area contributed by atoms with Crippen LogP contribution in [-0.2, 0) is 16.6 Å². The lowest BCUT2D eigenvalue weighted by molar-refractivity contribution is -0.138. The first-order valence-electron chi connectivity index (χ1n) is 10.6. The monoisotopic (exact) mass is 353 g/mol. The number of rotatable bonds is 2. The largest absolute Gasteiger partial charge is 0.508 e. The maximum atomic E-state index is 12.9. The Bertz CT molecular complexity index is 740. The second-order valence-electron chi connectivity index (χ2n) is 9.63. The molecule has 4 aliphatic rings. The molecule has 140 valence electrons. The summed E-state index contributed by atoms with van der Waals surface area (Å²) in [6.07, 6.45) is 7.02. The minimum absolute atomic E-state index is 0.0455. The molecule has 1 heterocycles. The summed E-state index contributed by atoms with van der Waals surface area (Å²) in [7, 11) is 0. The van der Waals surface area contributed by atoms with E-state index in [0.29, 0.717) is 35.8 Å². The Morgan fingerprint density at radius 2 is 2.08 bits per heavy atom. The number of nitrogens with zero attached hydrogens (tertiary/aromatic N) is 1. The molecule has 0 radical (unpaired) electrons. The number of benzene rings is 1. The first-order chi connectivity index (χ1) is 12.5. The molecule has 3 heteroatoms. The Balaban J connectivity index is 1.60. The summed E-state index contributed by atoms with van der Waals surface area (Å²) >= 11 is 0. The van der Waals surface area contributed by atoms with Gasteiger partial charge < -0.3 is 5.11 Å². The molecule has 0 aromatic heterocycles. The van der Waals surface area contributed by atoms with Gasteiger partial charge in [0, 0.05) is 30.3 Å². The highest BCUT2D eigenvalue weighted by molar-refractivity contribution is 5.84. The highest BCUT2D eigenvalue weighted by Crippen LogP contribution is 2.58. The topological polar surface area (TPSA) is 40.5 Å². The van der Waals surface area contributed by atoms with Crippen LogP contribution < -0.4 is 0 Å². The number of likely N-dealkylation sites (tertiary alicyclic amines) is 1. The van der Waals surface area contributed by atoms with E-state index in [2.05, 4.69) is 24.8 Å². The second kappa shape index (κ2) is 5.82. The average molecular weight is 354 g/mol. The van der Waals surface area contributed by atoms with Gasteiger partial charge in [0.15, 0.2) is 0 Å². The Kier molecular flexibility index (Phi) is 3.76. The number of hydrogen-bond donors (Lipinski definition) is 1. The van der Waals surface area contributed by atoms with Gasteiger partial charge in [-0.2, -0.15) is 0 Å². The Morgan fingerprint density at radius 1 is 1.27 bits per heavy atom. The average Bonchev–Trinajstić information content (AvgIpc) is 2.58. The van der Waals surface area contributed by atoms with E-state index >= 15 is 0 Å². The van der Waals surface area contributed by atoms with Gasteiger partial charge in [-0.15, -0.1) is 0 Å². The van der Waals surface area contributed by atoms with Crippen molar-refractivity contribution in [3.05, 3.63) is 29.3 Å². The number of aromatic hydroxyl groups is 1. The van der Waals surface area contributed by atoms with E-state index in [1.807, 2.05) is 12.1 Å². The number of piperidine rings is 1. The number of phenols is 1. The maximum Gasteiger partial charge on any atom is 0.136 e. The summed E-state index contributed by atoms with van der Waals surface area (Å²) in [5.74, 6) is 2.79. The van der Waals surface area contributed by atoms with Crippen LogP contribution in [-0.4, -0.2) is 34.9 Å². The quantitative estimate of drug-likeness (QED) is 0.876. The molecule has 26 heavy (non-hydrogen) atoms. The van der Waals surface area contributed by atoms with Gasteiger partial charge in [0.25, 0.3) is 0 Å². The summed E-state index contributed by atoms with van der Waals surface area (Å²) in [6, 6.07) is 6.50. The first kappa shape index (κ1) is 16.8. The van der Waals surface area contributed by atoms with E-state index in [-0.39, 0.29) is 11.3 Å². The predicted molar refractivity (Wildman–Crippen MR) is 102 cm³/mol. The van der Waals surface area contributed by atoms with Crippen molar-refractivity contribution in [3.8, 4) is 5.75 Å². The normalized spacial score (nSPS) is 39.8. The number of hydrogen-bond acceptors (Lipinski definition) is 3. The third kappa shape index (κ3) is 2.25. The van der Waals surface area contributed by atoms with Gasteiger partial charge in [-0.25, -0.2) is 0 Å². The molecule has 2 bridgehead atoms. The number of carbonyl (C=O) groups is 1. The van der Waals surface area contributed by atoms with Crippen molar-refractivity contribution in [2.45, 2.75) is 63.8 Å².